The molecule has 1 aromatic carbocycles. The number of anilines is 2. The minimum Gasteiger partial charge on any atom is -0.481 e. The number of thioether (sulfide) groups is 1. The summed E-state index contributed by atoms with van der Waals surface area (Å²) in [5.74, 6) is -0.529. The number of carboxylic acids is 1. The van der Waals surface area contributed by atoms with E-state index in [4.69, 9.17) is 17.3 Å². The van der Waals surface area contributed by atoms with Crippen LogP contribution in [-0.4, -0.2) is 63.5 Å². The second-order valence-corrected chi connectivity index (χ2v) is 13.3. The van der Waals surface area contributed by atoms with Gasteiger partial charge in [0.05, 0.1) is 10.6 Å². The number of piperazine rings is 1. The van der Waals surface area contributed by atoms with Gasteiger partial charge in [-0.2, -0.15) is 5.26 Å². The number of para-hydroxylation sites is 1. The summed E-state index contributed by atoms with van der Waals surface area (Å²) < 4.78 is 16.6. The molecule has 2 aliphatic heterocycles. The topological polar surface area (TPSA) is 110 Å². The summed E-state index contributed by atoms with van der Waals surface area (Å²) in [7, 11) is 0. The van der Waals surface area contributed by atoms with Gasteiger partial charge in [-0.15, -0.1) is 0 Å². The number of aromatic nitrogens is 1. The van der Waals surface area contributed by atoms with Crippen molar-refractivity contribution < 1.29 is 19.1 Å². The quantitative estimate of drug-likeness (QED) is 0.133. The molecule has 2 saturated heterocycles. The Kier molecular flexibility index (Phi) is 12.8. The number of rotatable bonds is 15. The first kappa shape index (κ1) is 35.2. The van der Waals surface area contributed by atoms with Crippen LogP contribution in [0.2, 0.25) is 0 Å². The molecule has 2 fully saturated rings. The summed E-state index contributed by atoms with van der Waals surface area (Å²) in [5.41, 5.74) is 1.42. The average Bonchev–Trinajstić information content (AvgIpc) is 3.30. The van der Waals surface area contributed by atoms with E-state index in [1.54, 1.807) is 34.6 Å². The molecule has 46 heavy (non-hydrogen) atoms. The lowest BCUT2D eigenvalue weighted by molar-refractivity contribution is -0.137. The molecule has 0 bridgehead atoms. The molecule has 1 aromatic heterocycles. The van der Waals surface area contributed by atoms with Crippen molar-refractivity contribution in [2.75, 3.05) is 42.5 Å². The Morgan fingerprint density at radius 2 is 1.63 bits per heavy atom. The minimum atomic E-state index is -0.741. The van der Waals surface area contributed by atoms with Gasteiger partial charge in [0.15, 0.2) is 0 Å². The van der Waals surface area contributed by atoms with E-state index in [2.05, 4.69) is 11.0 Å². The Morgan fingerprint density at radius 3 is 2.24 bits per heavy atom. The highest BCUT2D eigenvalue weighted by molar-refractivity contribution is 8.26. The van der Waals surface area contributed by atoms with Crippen molar-refractivity contribution in [3.8, 4) is 6.07 Å². The Bertz CT molecular complexity index is 1580. The van der Waals surface area contributed by atoms with Crippen LogP contribution in [0, 0.1) is 24.1 Å². The van der Waals surface area contributed by atoms with Crippen LogP contribution in [0.5, 0.6) is 0 Å². The lowest BCUT2D eigenvalue weighted by Crippen LogP contribution is -2.49. The van der Waals surface area contributed by atoms with Crippen LogP contribution < -0.4 is 15.4 Å². The zero-order valence-corrected chi connectivity index (χ0v) is 28.2. The maximum absolute atomic E-state index is 14.5. The smallest absolute Gasteiger partial charge is 0.303 e. The van der Waals surface area contributed by atoms with Crippen molar-refractivity contribution >= 4 is 57.8 Å². The van der Waals surface area contributed by atoms with Crippen LogP contribution in [0.1, 0.15) is 81.4 Å². The van der Waals surface area contributed by atoms with E-state index in [9.17, 15) is 24.0 Å². The fraction of sp³-hybridized carbons (Fsp3) is 0.500. The Hall–Kier alpha value is -3.69. The number of halogens is 1. The van der Waals surface area contributed by atoms with E-state index in [0.29, 0.717) is 71.1 Å². The molecular formula is C34H42FN5O4S2. The number of carbonyl (C=O) groups excluding carboxylic acids is 1. The first-order valence-corrected chi connectivity index (χ1v) is 17.3. The zero-order chi connectivity index (χ0) is 33.2. The Balaban J connectivity index is 1.46. The number of nitriles is 1. The number of pyridine rings is 1. The Labute approximate surface area is 279 Å². The van der Waals surface area contributed by atoms with Crippen LogP contribution in [0.4, 0.5) is 15.9 Å². The number of amides is 1. The zero-order valence-electron chi connectivity index (χ0n) is 26.6. The summed E-state index contributed by atoms with van der Waals surface area (Å²) >= 11 is 6.84. The fourth-order valence-electron chi connectivity index (χ4n) is 6.08. The molecule has 9 nitrogen and oxygen atoms in total. The first-order chi connectivity index (χ1) is 22.2. The van der Waals surface area contributed by atoms with E-state index in [0.717, 1.165) is 51.4 Å². The number of hydrogen-bond donors (Lipinski definition) is 1. The number of thiocarbonyl (C=S) groups is 1. The maximum Gasteiger partial charge on any atom is 0.303 e. The van der Waals surface area contributed by atoms with Crippen molar-refractivity contribution in [1.82, 2.24) is 9.47 Å². The lowest BCUT2D eigenvalue weighted by Gasteiger charge is -2.39. The van der Waals surface area contributed by atoms with Crippen molar-refractivity contribution in [2.24, 2.45) is 0 Å². The van der Waals surface area contributed by atoms with Gasteiger partial charge in [0.2, 0.25) is 0 Å². The molecule has 0 saturated carbocycles. The Morgan fingerprint density at radius 1 is 1.02 bits per heavy atom. The SMILES string of the molecule is CCn1c(N2CCN(c3ccccc3F)CC2)c(/C=C2/SC(=S)N(CCCCCCCCCCC(=O)O)C2=O)c(C)c(C#N)c1=O. The first-order valence-electron chi connectivity index (χ1n) is 16.1. The molecule has 246 valence electrons. The molecule has 0 atom stereocenters. The predicted molar refractivity (Wildman–Crippen MR) is 186 cm³/mol. The third kappa shape index (κ3) is 8.36. The van der Waals surface area contributed by atoms with E-state index in [-0.39, 0.29) is 29.3 Å². The van der Waals surface area contributed by atoms with Gasteiger partial charge in [0, 0.05) is 51.3 Å². The van der Waals surface area contributed by atoms with Gasteiger partial charge in [0.25, 0.3) is 11.5 Å². The van der Waals surface area contributed by atoms with E-state index < -0.39 is 5.97 Å². The van der Waals surface area contributed by atoms with Crippen molar-refractivity contribution in [1.29, 1.82) is 5.26 Å². The highest BCUT2D eigenvalue weighted by atomic mass is 32.2. The highest BCUT2D eigenvalue weighted by Gasteiger charge is 2.33. The molecule has 2 aromatic rings. The number of carbonyl (C=O) groups is 2. The molecule has 0 aliphatic carbocycles. The molecule has 0 unspecified atom stereocenters. The molecule has 2 aliphatic rings. The van der Waals surface area contributed by atoms with Crippen LogP contribution in [0.15, 0.2) is 34.0 Å². The molecule has 1 N–H and O–H groups in total. The van der Waals surface area contributed by atoms with Gasteiger partial charge in [-0.1, -0.05) is 74.6 Å². The number of hydrogen-bond acceptors (Lipinski definition) is 8. The lowest BCUT2D eigenvalue weighted by atomic mass is 10.0. The molecule has 0 spiro atoms. The number of aliphatic carboxylic acids is 1. The highest BCUT2D eigenvalue weighted by Crippen LogP contribution is 2.36. The number of nitrogens with zero attached hydrogens (tertiary/aromatic N) is 5. The van der Waals surface area contributed by atoms with Crippen LogP contribution >= 0.6 is 24.0 Å². The summed E-state index contributed by atoms with van der Waals surface area (Å²) in [4.78, 5) is 43.8. The monoisotopic (exact) mass is 667 g/mol. The normalized spacial score (nSPS) is 16.0. The maximum atomic E-state index is 14.5. The predicted octanol–water partition coefficient (Wildman–Crippen LogP) is 6.31. The summed E-state index contributed by atoms with van der Waals surface area (Å²) in [5, 5.41) is 18.6. The molecule has 3 heterocycles. The van der Waals surface area contributed by atoms with Gasteiger partial charge >= 0.3 is 5.97 Å². The minimum absolute atomic E-state index is 0.0548. The van der Waals surface area contributed by atoms with Crippen molar-refractivity contribution in [3.63, 3.8) is 0 Å². The molecule has 1 amide bonds. The van der Waals surface area contributed by atoms with Crippen LogP contribution in [0.25, 0.3) is 6.08 Å². The molecule has 4 rings (SSSR count). The van der Waals surface area contributed by atoms with Crippen LogP contribution in [0.3, 0.4) is 0 Å². The number of benzene rings is 1. The van der Waals surface area contributed by atoms with E-state index >= 15 is 0 Å². The van der Waals surface area contributed by atoms with E-state index in [1.807, 2.05) is 17.9 Å². The fourth-order valence-corrected chi connectivity index (χ4v) is 7.37. The number of unbranched alkanes of at least 4 members (excludes halogenated alkanes) is 7. The van der Waals surface area contributed by atoms with Crippen molar-refractivity contribution in [2.45, 2.75) is 78.2 Å². The standard InChI is InChI=1S/C34H42FN5O4S2/c1-3-39-31(38-20-18-37(19-21-38)28-15-12-11-14-27(28)35)25(24(2)26(23-36)32(39)43)22-29-33(44)40(34(45)46-29)17-13-9-7-5-4-6-8-10-16-30(41)42/h11-12,14-15,22H,3-10,13,16-21H2,1-2H3,(H,41,42)/b29-22+. The summed E-state index contributed by atoms with van der Waals surface area (Å²) in [6.45, 7) is 6.64. The second-order valence-electron chi connectivity index (χ2n) is 11.6. The van der Waals surface area contributed by atoms with Gasteiger partial charge in [-0.05, 0) is 50.5 Å². The number of carboxylic acid groups (broad SMARTS) is 1. The van der Waals surface area contributed by atoms with Crippen molar-refractivity contribution in [3.05, 3.63) is 62.0 Å². The summed E-state index contributed by atoms with van der Waals surface area (Å²) in [6.07, 6.45) is 9.71. The van der Waals surface area contributed by atoms with Gasteiger partial charge in [-0.3, -0.25) is 23.9 Å². The van der Waals surface area contributed by atoms with Gasteiger partial charge in [0.1, 0.15) is 27.6 Å². The molecule has 0 radical (unpaired) electrons. The van der Waals surface area contributed by atoms with Gasteiger partial charge < -0.3 is 14.9 Å². The third-order valence-corrected chi connectivity index (χ3v) is 9.98. The van der Waals surface area contributed by atoms with E-state index in [1.165, 1.54) is 17.8 Å². The summed E-state index contributed by atoms with van der Waals surface area (Å²) in [6, 6.07) is 8.77. The third-order valence-electron chi connectivity index (χ3n) is 8.61. The van der Waals surface area contributed by atoms with Gasteiger partial charge in [-0.25, -0.2) is 4.39 Å². The van der Waals surface area contributed by atoms with Crippen LogP contribution in [-0.2, 0) is 16.1 Å². The molecule has 12 heteroatoms. The largest absolute Gasteiger partial charge is 0.481 e. The second kappa shape index (κ2) is 16.7. The molecular weight excluding hydrogens is 626 g/mol. The average molecular weight is 668 g/mol.